The fraction of sp³-hybridized carbons (Fsp3) is 0.143. The molecule has 5 nitrogen and oxygen atoms in total. The Labute approximate surface area is 172 Å². The highest BCUT2D eigenvalue weighted by Crippen LogP contribution is 2.27. The molecule has 1 aromatic heterocycles. The molecule has 0 saturated heterocycles. The molecule has 142 valence electrons. The molecule has 2 aromatic carbocycles. The summed E-state index contributed by atoms with van der Waals surface area (Å²) in [5, 5.41) is 4.53. The number of benzene rings is 2. The average molecular weight is 415 g/mol. The van der Waals surface area contributed by atoms with Crippen molar-refractivity contribution >= 4 is 40.0 Å². The van der Waals surface area contributed by atoms with E-state index >= 15 is 0 Å². The van der Waals surface area contributed by atoms with E-state index in [-0.39, 0.29) is 25.7 Å². The van der Waals surface area contributed by atoms with Gasteiger partial charge in [-0.15, -0.1) is 0 Å². The van der Waals surface area contributed by atoms with Crippen LogP contribution in [0.1, 0.15) is 0 Å². The van der Waals surface area contributed by atoms with Crippen molar-refractivity contribution in [3.05, 3.63) is 64.8 Å². The number of carbonyl (C=O) groups excluding carboxylic acids is 1. The first-order valence-corrected chi connectivity index (χ1v) is 9.15. The van der Waals surface area contributed by atoms with Gasteiger partial charge in [0.05, 0.1) is 17.1 Å². The molecule has 1 heterocycles. The third kappa shape index (κ3) is 5.78. The number of ether oxygens (including phenoxy) is 2. The van der Waals surface area contributed by atoms with Gasteiger partial charge in [0.2, 0.25) is 0 Å². The SMILES string of the molecule is O=C(COc1ccc(Cl)cc1Cl)NCC#CCOc1ccc2cccnc2c1. The monoisotopic (exact) mass is 414 g/mol. The van der Waals surface area contributed by atoms with Gasteiger partial charge in [-0.3, -0.25) is 9.78 Å². The number of carbonyl (C=O) groups is 1. The molecule has 0 saturated carbocycles. The fourth-order valence-corrected chi connectivity index (χ4v) is 2.76. The summed E-state index contributed by atoms with van der Waals surface area (Å²) in [6.45, 7) is 0.244. The molecule has 0 spiro atoms. The van der Waals surface area contributed by atoms with Crippen LogP contribution in [0.15, 0.2) is 54.7 Å². The minimum absolute atomic E-state index is 0.163. The smallest absolute Gasteiger partial charge is 0.258 e. The lowest BCUT2D eigenvalue weighted by Crippen LogP contribution is -2.29. The van der Waals surface area contributed by atoms with E-state index in [4.69, 9.17) is 32.7 Å². The van der Waals surface area contributed by atoms with E-state index in [0.717, 1.165) is 10.9 Å². The molecule has 0 aliphatic rings. The molecule has 3 aromatic rings. The van der Waals surface area contributed by atoms with Gasteiger partial charge < -0.3 is 14.8 Å². The molecule has 7 heteroatoms. The minimum atomic E-state index is -0.304. The Morgan fingerprint density at radius 1 is 1.07 bits per heavy atom. The Hall–Kier alpha value is -2.94. The molecule has 1 N–H and O–H groups in total. The van der Waals surface area contributed by atoms with Crippen molar-refractivity contribution in [2.24, 2.45) is 0 Å². The third-order valence-corrected chi connectivity index (χ3v) is 4.17. The van der Waals surface area contributed by atoms with Crippen LogP contribution in [0.5, 0.6) is 11.5 Å². The summed E-state index contributed by atoms with van der Waals surface area (Å²) in [7, 11) is 0. The van der Waals surface area contributed by atoms with E-state index in [1.54, 1.807) is 24.4 Å². The highest BCUT2D eigenvalue weighted by molar-refractivity contribution is 6.35. The van der Waals surface area contributed by atoms with Crippen LogP contribution in [0.25, 0.3) is 10.9 Å². The molecule has 0 fully saturated rings. The molecule has 3 rings (SSSR count). The van der Waals surface area contributed by atoms with Crippen molar-refractivity contribution in [3.8, 4) is 23.3 Å². The summed E-state index contributed by atoms with van der Waals surface area (Å²) in [4.78, 5) is 16.0. The molecule has 28 heavy (non-hydrogen) atoms. The molecule has 0 radical (unpaired) electrons. The summed E-state index contributed by atoms with van der Waals surface area (Å²) in [5.74, 6) is 6.44. The van der Waals surface area contributed by atoms with Gasteiger partial charge in [0.15, 0.2) is 6.61 Å². The van der Waals surface area contributed by atoms with Crippen molar-refractivity contribution < 1.29 is 14.3 Å². The quantitative estimate of drug-likeness (QED) is 0.616. The lowest BCUT2D eigenvalue weighted by Gasteiger charge is -2.07. The Morgan fingerprint density at radius 2 is 1.96 bits per heavy atom. The Morgan fingerprint density at radius 3 is 2.82 bits per heavy atom. The Bertz CT molecular complexity index is 1040. The number of hydrogen-bond donors (Lipinski definition) is 1. The van der Waals surface area contributed by atoms with Crippen LogP contribution in [-0.4, -0.2) is 30.6 Å². The lowest BCUT2D eigenvalue weighted by molar-refractivity contribution is -0.122. The van der Waals surface area contributed by atoms with Crippen LogP contribution in [0.3, 0.4) is 0 Å². The van der Waals surface area contributed by atoms with Gasteiger partial charge in [-0.1, -0.05) is 41.1 Å². The molecule has 0 atom stereocenters. The highest BCUT2D eigenvalue weighted by atomic mass is 35.5. The van der Waals surface area contributed by atoms with E-state index in [1.165, 1.54) is 0 Å². The van der Waals surface area contributed by atoms with Crippen molar-refractivity contribution in [1.29, 1.82) is 0 Å². The van der Waals surface area contributed by atoms with Crippen LogP contribution in [-0.2, 0) is 4.79 Å². The second kappa shape index (κ2) is 9.84. The summed E-state index contributed by atoms with van der Waals surface area (Å²) in [6.07, 6.45) is 1.74. The van der Waals surface area contributed by atoms with Crippen LogP contribution in [0.2, 0.25) is 10.0 Å². The number of nitrogens with one attached hydrogen (secondary N) is 1. The summed E-state index contributed by atoms with van der Waals surface area (Å²) < 4.78 is 10.9. The van der Waals surface area contributed by atoms with Gasteiger partial charge in [0.1, 0.15) is 18.1 Å². The summed E-state index contributed by atoms with van der Waals surface area (Å²) in [5.41, 5.74) is 0.862. The third-order valence-electron chi connectivity index (χ3n) is 3.64. The first kappa shape index (κ1) is 19.8. The Kier molecular flexibility index (Phi) is 6.96. The second-order valence-electron chi connectivity index (χ2n) is 5.64. The van der Waals surface area contributed by atoms with E-state index in [9.17, 15) is 4.79 Å². The molecular weight excluding hydrogens is 399 g/mol. The van der Waals surface area contributed by atoms with Crippen LogP contribution in [0.4, 0.5) is 0 Å². The normalized spacial score (nSPS) is 10.1. The first-order chi connectivity index (χ1) is 13.6. The fourth-order valence-electron chi connectivity index (χ4n) is 2.30. The maximum Gasteiger partial charge on any atom is 0.258 e. The van der Waals surface area contributed by atoms with Crippen molar-refractivity contribution in [1.82, 2.24) is 10.3 Å². The molecule has 0 bridgehead atoms. The number of aromatic nitrogens is 1. The number of nitrogens with zero attached hydrogens (tertiary/aromatic N) is 1. The molecule has 0 unspecified atom stereocenters. The molecule has 0 aliphatic heterocycles. The summed E-state index contributed by atoms with van der Waals surface area (Å²) >= 11 is 11.8. The van der Waals surface area contributed by atoms with Crippen molar-refractivity contribution in [2.75, 3.05) is 19.8 Å². The Balaban J connectivity index is 1.37. The molecule has 0 aliphatic carbocycles. The van der Waals surface area contributed by atoms with Gasteiger partial charge in [-0.25, -0.2) is 0 Å². The number of hydrogen-bond acceptors (Lipinski definition) is 4. The number of pyridine rings is 1. The zero-order valence-electron chi connectivity index (χ0n) is 14.7. The van der Waals surface area contributed by atoms with Crippen molar-refractivity contribution in [3.63, 3.8) is 0 Å². The number of amides is 1. The second-order valence-corrected chi connectivity index (χ2v) is 6.48. The predicted octanol–water partition coefficient (Wildman–Crippen LogP) is 4.12. The maximum atomic E-state index is 11.8. The molecular formula is C21H16Cl2N2O3. The van der Waals surface area contributed by atoms with Crippen molar-refractivity contribution in [2.45, 2.75) is 0 Å². The van der Waals surface area contributed by atoms with Gasteiger partial charge in [0, 0.05) is 22.7 Å². The van der Waals surface area contributed by atoms with Crippen LogP contribution < -0.4 is 14.8 Å². The first-order valence-electron chi connectivity index (χ1n) is 8.40. The number of halogens is 2. The van der Waals surface area contributed by atoms with Gasteiger partial charge in [-0.2, -0.15) is 0 Å². The van der Waals surface area contributed by atoms with E-state index in [2.05, 4.69) is 22.1 Å². The highest BCUT2D eigenvalue weighted by Gasteiger charge is 2.05. The van der Waals surface area contributed by atoms with E-state index in [0.29, 0.717) is 21.5 Å². The van der Waals surface area contributed by atoms with E-state index < -0.39 is 0 Å². The zero-order chi connectivity index (χ0) is 19.8. The minimum Gasteiger partial charge on any atom is -0.482 e. The average Bonchev–Trinajstić information content (AvgIpc) is 2.70. The van der Waals surface area contributed by atoms with Crippen LogP contribution >= 0.6 is 23.2 Å². The van der Waals surface area contributed by atoms with Gasteiger partial charge >= 0.3 is 0 Å². The van der Waals surface area contributed by atoms with Gasteiger partial charge in [-0.05, 0) is 36.4 Å². The molecule has 1 amide bonds. The van der Waals surface area contributed by atoms with Crippen LogP contribution in [0, 0.1) is 11.8 Å². The largest absolute Gasteiger partial charge is 0.482 e. The topological polar surface area (TPSA) is 60.5 Å². The number of fused-ring (bicyclic) bond motifs is 1. The summed E-state index contributed by atoms with van der Waals surface area (Å²) in [6, 6.07) is 14.3. The van der Waals surface area contributed by atoms with E-state index in [1.807, 2.05) is 30.3 Å². The number of rotatable bonds is 6. The predicted molar refractivity (Wildman–Crippen MR) is 110 cm³/mol. The standard InChI is InChI=1S/C21H16Cl2N2O3/c22-16-6-8-20(18(23)12-16)28-14-21(26)25-9-1-2-11-27-17-7-5-15-4-3-10-24-19(15)13-17/h3-8,10,12-13H,9,11,14H2,(H,25,26). The lowest BCUT2D eigenvalue weighted by atomic mass is 10.2. The zero-order valence-corrected chi connectivity index (χ0v) is 16.3. The van der Waals surface area contributed by atoms with Gasteiger partial charge in [0.25, 0.3) is 5.91 Å². The maximum absolute atomic E-state index is 11.8.